The van der Waals surface area contributed by atoms with Gasteiger partial charge in [0.1, 0.15) is 17.5 Å². The number of halogens is 5. The summed E-state index contributed by atoms with van der Waals surface area (Å²) in [6, 6.07) is 10.9. The molecule has 3 aromatic rings. The Morgan fingerprint density at radius 1 is 1.00 bits per heavy atom. The van der Waals surface area contributed by atoms with Crippen LogP contribution in [0.3, 0.4) is 0 Å². The summed E-state index contributed by atoms with van der Waals surface area (Å²) in [5, 5.41) is 0. The van der Waals surface area contributed by atoms with Crippen molar-refractivity contribution in [1.29, 1.82) is 0 Å². The zero-order chi connectivity index (χ0) is 21.5. The average Bonchev–Trinajstić information content (AvgIpc) is 2.70. The molecule has 2 heterocycles. The maximum absolute atomic E-state index is 14.2. The molecule has 2 aromatic carbocycles. The lowest BCUT2D eigenvalue weighted by Crippen LogP contribution is -2.44. The minimum absolute atomic E-state index is 0. The van der Waals surface area contributed by atoms with Crippen LogP contribution in [0, 0.1) is 19.7 Å². The fourth-order valence-corrected chi connectivity index (χ4v) is 3.96. The fourth-order valence-electron chi connectivity index (χ4n) is 3.96. The highest BCUT2D eigenvalue weighted by molar-refractivity contribution is 5.85. The van der Waals surface area contributed by atoms with Crippen LogP contribution >= 0.6 is 12.4 Å². The molecule has 164 valence electrons. The Morgan fingerprint density at radius 3 is 2.35 bits per heavy atom. The third-order valence-corrected chi connectivity index (χ3v) is 5.55. The predicted octanol–water partition coefficient (Wildman–Crippen LogP) is 5.91. The Balaban J connectivity index is 0.00000272. The van der Waals surface area contributed by atoms with Crippen LogP contribution in [0.15, 0.2) is 48.5 Å². The first-order valence-electron chi connectivity index (χ1n) is 9.74. The third-order valence-electron chi connectivity index (χ3n) is 5.55. The number of fused-ring (bicyclic) bond motifs is 1. The van der Waals surface area contributed by atoms with Gasteiger partial charge in [-0.1, -0.05) is 36.4 Å². The molecule has 0 spiro atoms. The molecule has 0 amide bonds. The Hall–Kier alpha value is -2.67. The van der Waals surface area contributed by atoms with Gasteiger partial charge in [-0.2, -0.15) is 13.2 Å². The minimum atomic E-state index is -4.45. The molecule has 1 atom stereocenters. The predicted molar refractivity (Wildman–Crippen MR) is 114 cm³/mol. The van der Waals surface area contributed by atoms with Gasteiger partial charge in [-0.25, -0.2) is 14.4 Å². The van der Waals surface area contributed by atoms with Crippen molar-refractivity contribution in [2.24, 2.45) is 0 Å². The second-order valence-corrected chi connectivity index (χ2v) is 7.56. The van der Waals surface area contributed by atoms with Crippen LogP contribution in [0.2, 0.25) is 0 Å². The topological polar surface area (TPSA) is 29.0 Å². The number of aryl methyl sites for hydroxylation is 1. The van der Waals surface area contributed by atoms with Gasteiger partial charge in [0.25, 0.3) is 0 Å². The van der Waals surface area contributed by atoms with Gasteiger partial charge in [0.15, 0.2) is 6.04 Å². The Labute approximate surface area is 184 Å². The molecule has 1 aromatic heterocycles. The van der Waals surface area contributed by atoms with Gasteiger partial charge in [-0.05, 0) is 49.1 Å². The normalized spacial score (nSPS) is 15.9. The van der Waals surface area contributed by atoms with Crippen LogP contribution in [0.1, 0.15) is 39.8 Å². The monoisotopic (exact) mass is 451 g/mol. The summed E-state index contributed by atoms with van der Waals surface area (Å²) in [4.78, 5) is 10.3. The number of nitrogens with zero attached hydrogens (tertiary/aromatic N) is 3. The van der Waals surface area contributed by atoms with E-state index in [9.17, 15) is 17.6 Å². The molecule has 0 N–H and O–H groups in total. The van der Waals surface area contributed by atoms with Crippen molar-refractivity contribution in [1.82, 2.24) is 9.97 Å². The maximum atomic E-state index is 14.2. The van der Waals surface area contributed by atoms with Crippen molar-refractivity contribution in [2.75, 3.05) is 11.4 Å². The lowest BCUT2D eigenvalue weighted by molar-refractivity contribution is -0.151. The zero-order valence-corrected chi connectivity index (χ0v) is 17.9. The largest absolute Gasteiger partial charge is 0.413 e. The molecule has 3 nitrogen and oxygen atoms in total. The highest BCUT2D eigenvalue weighted by Crippen LogP contribution is 2.44. The maximum Gasteiger partial charge on any atom is 0.413 e. The molecule has 1 unspecified atom stereocenters. The number of hydrogen-bond acceptors (Lipinski definition) is 3. The molecule has 0 bridgehead atoms. The highest BCUT2D eigenvalue weighted by atomic mass is 35.5. The van der Waals surface area contributed by atoms with Gasteiger partial charge in [0, 0.05) is 24.2 Å². The number of benzene rings is 2. The van der Waals surface area contributed by atoms with Gasteiger partial charge in [0.05, 0.1) is 0 Å². The molecule has 0 aliphatic carbocycles. The Bertz CT molecular complexity index is 1070. The van der Waals surface area contributed by atoms with E-state index < -0.39 is 12.2 Å². The second kappa shape index (κ2) is 8.83. The van der Waals surface area contributed by atoms with E-state index in [-0.39, 0.29) is 30.3 Å². The van der Waals surface area contributed by atoms with Crippen molar-refractivity contribution < 1.29 is 17.6 Å². The standard InChI is InChI=1S/C23H21F4N3.ClH/c1-14-15(2)28-20(13-16-7-9-18(24)10-8-16)29-22(14)30-12-11-17-5-3-4-6-19(17)21(30)23(25,26)27;/h3-10,21H,11-13H2,1-2H3;1H. The van der Waals surface area contributed by atoms with Crippen LogP contribution in [0.25, 0.3) is 0 Å². The zero-order valence-electron chi connectivity index (χ0n) is 17.1. The first-order valence-corrected chi connectivity index (χ1v) is 9.74. The van der Waals surface area contributed by atoms with Gasteiger partial charge >= 0.3 is 6.18 Å². The number of anilines is 1. The van der Waals surface area contributed by atoms with E-state index in [0.717, 1.165) is 5.56 Å². The van der Waals surface area contributed by atoms with E-state index in [2.05, 4.69) is 9.97 Å². The molecule has 0 radical (unpaired) electrons. The number of hydrogen-bond donors (Lipinski definition) is 0. The number of aromatic nitrogens is 2. The van der Waals surface area contributed by atoms with E-state index in [1.807, 2.05) is 0 Å². The van der Waals surface area contributed by atoms with Gasteiger partial charge in [-0.15, -0.1) is 12.4 Å². The highest BCUT2D eigenvalue weighted by Gasteiger charge is 2.48. The smallest absolute Gasteiger partial charge is 0.340 e. The van der Waals surface area contributed by atoms with Crippen molar-refractivity contribution in [2.45, 2.75) is 38.9 Å². The molecular formula is C23H22ClF4N3. The van der Waals surface area contributed by atoms with Crippen molar-refractivity contribution in [3.05, 3.63) is 88.1 Å². The Morgan fingerprint density at radius 2 is 1.68 bits per heavy atom. The summed E-state index contributed by atoms with van der Waals surface area (Å²) < 4.78 is 55.6. The summed E-state index contributed by atoms with van der Waals surface area (Å²) in [6.45, 7) is 3.74. The summed E-state index contributed by atoms with van der Waals surface area (Å²) in [5.41, 5.74) is 3.04. The van der Waals surface area contributed by atoms with Crippen LogP contribution < -0.4 is 4.90 Å². The van der Waals surface area contributed by atoms with E-state index in [1.165, 1.54) is 17.0 Å². The van der Waals surface area contributed by atoms with Gasteiger partial charge in [-0.3, -0.25) is 0 Å². The molecule has 1 aliphatic heterocycles. The SMILES string of the molecule is Cc1nc(Cc2ccc(F)cc2)nc(N2CCc3ccccc3C2C(F)(F)F)c1C.Cl. The van der Waals surface area contributed by atoms with E-state index in [1.54, 1.807) is 50.2 Å². The minimum Gasteiger partial charge on any atom is -0.340 e. The average molecular weight is 452 g/mol. The van der Waals surface area contributed by atoms with Crippen LogP contribution in [-0.4, -0.2) is 22.7 Å². The molecular weight excluding hydrogens is 430 g/mol. The lowest BCUT2D eigenvalue weighted by Gasteiger charge is -2.39. The van der Waals surface area contributed by atoms with E-state index >= 15 is 0 Å². The number of rotatable bonds is 3. The van der Waals surface area contributed by atoms with Crippen molar-refractivity contribution in [3.8, 4) is 0 Å². The molecule has 0 saturated heterocycles. The van der Waals surface area contributed by atoms with Crippen LogP contribution in [-0.2, 0) is 12.8 Å². The number of alkyl halides is 3. The molecule has 0 fully saturated rings. The van der Waals surface area contributed by atoms with Crippen molar-refractivity contribution >= 4 is 18.2 Å². The molecule has 8 heteroatoms. The molecule has 1 aliphatic rings. The molecule has 0 saturated carbocycles. The first-order chi connectivity index (χ1) is 14.2. The summed E-state index contributed by atoms with van der Waals surface area (Å²) in [5.74, 6) is 0.372. The Kier molecular flexibility index (Phi) is 6.55. The van der Waals surface area contributed by atoms with Gasteiger partial charge < -0.3 is 4.90 Å². The van der Waals surface area contributed by atoms with Crippen LogP contribution in [0.5, 0.6) is 0 Å². The summed E-state index contributed by atoms with van der Waals surface area (Å²) in [6.07, 6.45) is -3.62. The molecule has 31 heavy (non-hydrogen) atoms. The molecule has 4 rings (SSSR count). The summed E-state index contributed by atoms with van der Waals surface area (Å²) in [7, 11) is 0. The van der Waals surface area contributed by atoms with Gasteiger partial charge in [0.2, 0.25) is 0 Å². The lowest BCUT2D eigenvalue weighted by atomic mass is 9.91. The van der Waals surface area contributed by atoms with E-state index in [4.69, 9.17) is 0 Å². The van der Waals surface area contributed by atoms with Crippen LogP contribution in [0.4, 0.5) is 23.4 Å². The third kappa shape index (κ3) is 4.66. The quantitative estimate of drug-likeness (QED) is 0.463. The fraction of sp³-hybridized carbons (Fsp3) is 0.304. The summed E-state index contributed by atoms with van der Waals surface area (Å²) >= 11 is 0. The van der Waals surface area contributed by atoms with Crippen molar-refractivity contribution in [3.63, 3.8) is 0 Å². The van der Waals surface area contributed by atoms with E-state index in [0.29, 0.717) is 41.3 Å². The second-order valence-electron chi connectivity index (χ2n) is 7.56. The first kappa shape index (κ1) is 23.0.